The number of aromatic amines is 1. The van der Waals surface area contributed by atoms with Gasteiger partial charge in [0, 0.05) is 0 Å². The van der Waals surface area contributed by atoms with Crippen molar-refractivity contribution in [2.45, 2.75) is 20.3 Å². The Morgan fingerprint density at radius 1 is 1.32 bits per heavy atom. The highest BCUT2D eigenvalue weighted by Gasteiger charge is 2.13. The van der Waals surface area contributed by atoms with Crippen molar-refractivity contribution in [2.75, 3.05) is 6.61 Å². The summed E-state index contributed by atoms with van der Waals surface area (Å²) in [7, 11) is 0. The van der Waals surface area contributed by atoms with E-state index in [2.05, 4.69) is 9.97 Å². The van der Waals surface area contributed by atoms with Crippen LogP contribution in [0.5, 0.6) is 11.6 Å². The maximum absolute atomic E-state index is 11.8. The molecule has 19 heavy (non-hydrogen) atoms. The average molecular weight is 260 g/mol. The van der Waals surface area contributed by atoms with Crippen LogP contribution in [0.1, 0.15) is 19.4 Å². The van der Waals surface area contributed by atoms with Crippen LogP contribution in [0, 0.1) is 0 Å². The summed E-state index contributed by atoms with van der Waals surface area (Å²) < 4.78 is 5.48. The van der Waals surface area contributed by atoms with E-state index in [-0.39, 0.29) is 17.0 Å². The number of nitrogens with one attached hydrogen (secondary N) is 1. The quantitative estimate of drug-likeness (QED) is 0.882. The minimum Gasteiger partial charge on any atom is -0.493 e. The SMILES string of the molecule is CCOc1ccccc1-c1nc(O)c(CC)c(=O)[nH]1. The Kier molecular flexibility index (Phi) is 3.85. The fraction of sp³-hybridized carbons (Fsp3) is 0.286. The smallest absolute Gasteiger partial charge is 0.258 e. The van der Waals surface area contributed by atoms with Gasteiger partial charge in [0.15, 0.2) is 0 Å². The van der Waals surface area contributed by atoms with Gasteiger partial charge in [-0.05, 0) is 25.5 Å². The second-order valence-corrected chi connectivity index (χ2v) is 4.00. The third kappa shape index (κ3) is 2.59. The molecule has 0 unspecified atom stereocenters. The maximum atomic E-state index is 11.8. The van der Waals surface area contributed by atoms with E-state index >= 15 is 0 Å². The normalized spacial score (nSPS) is 10.4. The molecule has 1 aromatic carbocycles. The lowest BCUT2D eigenvalue weighted by Crippen LogP contribution is -2.14. The van der Waals surface area contributed by atoms with Crippen molar-refractivity contribution in [3.05, 3.63) is 40.2 Å². The van der Waals surface area contributed by atoms with E-state index in [0.717, 1.165) is 0 Å². The number of H-pyrrole nitrogens is 1. The van der Waals surface area contributed by atoms with E-state index in [1.807, 2.05) is 19.1 Å². The molecule has 1 heterocycles. The Bertz CT molecular complexity index is 635. The molecule has 0 aliphatic heterocycles. The zero-order chi connectivity index (χ0) is 13.8. The molecule has 0 spiro atoms. The van der Waals surface area contributed by atoms with Gasteiger partial charge in [0.05, 0.1) is 17.7 Å². The predicted octanol–water partition coefficient (Wildman–Crippen LogP) is 2.10. The molecule has 0 aliphatic rings. The van der Waals surface area contributed by atoms with E-state index in [0.29, 0.717) is 30.2 Å². The molecule has 5 heteroatoms. The van der Waals surface area contributed by atoms with Crippen LogP contribution in [-0.2, 0) is 6.42 Å². The molecule has 100 valence electrons. The van der Waals surface area contributed by atoms with E-state index in [1.54, 1.807) is 19.1 Å². The Labute approximate surface area is 110 Å². The van der Waals surface area contributed by atoms with Crippen LogP contribution in [-0.4, -0.2) is 21.7 Å². The van der Waals surface area contributed by atoms with Gasteiger partial charge in [-0.1, -0.05) is 19.1 Å². The zero-order valence-corrected chi connectivity index (χ0v) is 10.9. The third-order valence-corrected chi connectivity index (χ3v) is 2.79. The first kappa shape index (κ1) is 13.1. The van der Waals surface area contributed by atoms with Crippen LogP contribution < -0.4 is 10.3 Å². The van der Waals surface area contributed by atoms with Crippen molar-refractivity contribution < 1.29 is 9.84 Å². The van der Waals surface area contributed by atoms with Gasteiger partial charge in [0.25, 0.3) is 5.56 Å². The predicted molar refractivity (Wildman–Crippen MR) is 72.5 cm³/mol. The summed E-state index contributed by atoms with van der Waals surface area (Å²) >= 11 is 0. The molecule has 2 rings (SSSR count). The van der Waals surface area contributed by atoms with Crippen LogP contribution >= 0.6 is 0 Å². The average Bonchev–Trinajstić information content (AvgIpc) is 2.39. The standard InChI is InChI=1S/C14H16N2O3/c1-3-9-13(17)15-12(16-14(9)18)10-7-5-6-8-11(10)19-4-2/h5-8H,3-4H2,1-2H3,(H2,15,16,17,18). The van der Waals surface area contributed by atoms with E-state index < -0.39 is 0 Å². The lowest BCUT2D eigenvalue weighted by atomic mass is 10.1. The van der Waals surface area contributed by atoms with Crippen molar-refractivity contribution in [1.82, 2.24) is 9.97 Å². The highest BCUT2D eigenvalue weighted by atomic mass is 16.5. The number of aromatic nitrogens is 2. The molecule has 0 amide bonds. The summed E-state index contributed by atoms with van der Waals surface area (Å²) in [6.07, 6.45) is 0.432. The minimum absolute atomic E-state index is 0.229. The van der Waals surface area contributed by atoms with Gasteiger partial charge in [-0.25, -0.2) is 0 Å². The summed E-state index contributed by atoms with van der Waals surface area (Å²) in [6.45, 7) is 4.19. The van der Waals surface area contributed by atoms with Gasteiger partial charge >= 0.3 is 0 Å². The third-order valence-electron chi connectivity index (χ3n) is 2.79. The van der Waals surface area contributed by atoms with Gasteiger partial charge in [-0.3, -0.25) is 4.79 Å². The van der Waals surface area contributed by atoms with Gasteiger partial charge < -0.3 is 14.8 Å². The van der Waals surface area contributed by atoms with Crippen LogP contribution in [0.25, 0.3) is 11.4 Å². The Morgan fingerprint density at radius 3 is 2.68 bits per heavy atom. The summed E-state index contributed by atoms with van der Waals surface area (Å²) in [4.78, 5) is 18.6. The van der Waals surface area contributed by atoms with Crippen molar-refractivity contribution in [1.29, 1.82) is 0 Å². The Hall–Kier alpha value is -2.30. The number of ether oxygens (including phenoxy) is 1. The second kappa shape index (κ2) is 5.56. The molecule has 5 nitrogen and oxygen atoms in total. The molecular formula is C14H16N2O3. The summed E-state index contributed by atoms with van der Waals surface area (Å²) in [5.74, 6) is 0.702. The van der Waals surface area contributed by atoms with Crippen molar-refractivity contribution in [3.8, 4) is 23.0 Å². The number of rotatable bonds is 4. The summed E-state index contributed by atoms with van der Waals surface area (Å²) in [5.41, 5.74) is 0.619. The molecule has 0 saturated carbocycles. The molecule has 0 aliphatic carbocycles. The topological polar surface area (TPSA) is 75.2 Å². The first-order valence-corrected chi connectivity index (χ1v) is 6.21. The number of benzene rings is 1. The molecule has 2 aromatic rings. The molecule has 0 saturated heterocycles. The van der Waals surface area contributed by atoms with E-state index in [9.17, 15) is 9.90 Å². The van der Waals surface area contributed by atoms with Gasteiger partial charge in [0.1, 0.15) is 11.6 Å². The van der Waals surface area contributed by atoms with E-state index in [4.69, 9.17) is 4.74 Å². The monoisotopic (exact) mass is 260 g/mol. The van der Waals surface area contributed by atoms with Gasteiger partial charge in [-0.2, -0.15) is 4.98 Å². The number of nitrogens with zero attached hydrogens (tertiary/aromatic N) is 1. The largest absolute Gasteiger partial charge is 0.493 e. The maximum Gasteiger partial charge on any atom is 0.258 e. The fourth-order valence-electron chi connectivity index (χ4n) is 1.88. The number of para-hydroxylation sites is 1. The molecule has 0 fully saturated rings. The Morgan fingerprint density at radius 2 is 2.05 bits per heavy atom. The minimum atomic E-state index is -0.323. The number of hydrogen-bond acceptors (Lipinski definition) is 4. The van der Waals surface area contributed by atoms with Crippen molar-refractivity contribution >= 4 is 0 Å². The lowest BCUT2D eigenvalue weighted by molar-refractivity contribution is 0.341. The highest BCUT2D eigenvalue weighted by Crippen LogP contribution is 2.27. The van der Waals surface area contributed by atoms with Crippen LogP contribution in [0.4, 0.5) is 0 Å². The second-order valence-electron chi connectivity index (χ2n) is 4.00. The molecule has 2 N–H and O–H groups in total. The lowest BCUT2D eigenvalue weighted by Gasteiger charge is -2.10. The molecule has 0 atom stereocenters. The molecule has 0 radical (unpaired) electrons. The molecule has 1 aromatic heterocycles. The zero-order valence-electron chi connectivity index (χ0n) is 10.9. The van der Waals surface area contributed by atoms with Crippen LogP contribution in [0.2, 0.25) is 0 Å². The Balaban J connectivity index is 2.57. The van der Waals surface area contributed by atoms with Gasteiger partial charge in [0.2, 0.25) is 5.88 Å². The first-order chi connectivity index (χ1) is 9.17. The van der Waals surface area contributed by atoms with Gasteiger partial charge in [-0.15, -0.1) is 0 Å². The first-order valence-electron chi connectivity index (χ1n) is 6.21. The highest BCUT2D eigenvalue weighted by molar-refractivity contribution is 5.64. The number of aromatic hydroxyl groups is 1. The van der Waals surface area contributed by atoms with Crippen LogP contribution in [0.15, 0.2) is 29.1 Å². The van der Waals surface area contributed by atoms with E-state index in [1.165, 1.54) is 0 Å². The molecular weight excluding hydrogens is 244 g/mol. The van der Waals surface area contributed by atoms with Crippen molar-refractivity contribution in [2.24, 2.45) is 0 Å². The fourth-order valence-corrected chi connectivity index (χ4v) is 1.88. The van der Waals surface area contributed by atoms with Crippen molar-refractivity contribution in [3.63, 3.8) is 0 Å². The summed E-state index contributed by atoms with van der Waals surface area (Å²) in [5, 5.41) is 9.78. The summed E-state index contributed by atoms with van der Waals surface area (Å²) in [6, 6.07) is 7.24. The van der Waals surface area contributed by atoms with Crippen LogP contribution in [0.3, 0.4) is 0 Å². The molecule has 0 bridgehead atoms. The number of hydrogen-bond donors (Lipinski definition) is 2.